The van der Waals surface area contributed by atoms with E-state index in [1.54, 1.807) is 0 Å². The average molecular weight is 142 g/mol. The van der Waals surface area contributed by atoms with E-state index in [9.17, 15) is 8.78 Å². The standard InChI is InChI=1S/C6H4F2N2/c7-5-3-1-2-4-9-10-6(5)8/h1-4H/b2-1-,3-1?,4-2?,5-3+,6-5?,9-4-,10-6+,10-9?. The van der Waals surface area contributed by atoms with Gasteiger partial charge in [0.25, 0.3) is 5.97 Å². The summed E-state index contributed by atoms with van der Waals surface area (Å²) in [4.78, 5) is 0. The van der Waals surface area contributed by atoms with Gasteiger partial charge in [-0.05, 0) is 12.2 Å². The van der Waals surface area contributed by atoms with Gasteiger partial charge < -0.3 is 0 Å². The Labute approximate surface area is 56.3 Å². The minimum Gasteiger partial charge on any atom is -0.202 e. The molecule has 0 aromatic carbocycles. The van der Waals surface area contributed by atoms with Gasteiger partial charge in [-0.25, -0.2) is 4.39 Å². The second-order valence-electron chi connectivity index (χ2n) is 1.55. The van der Waals surface area contributed by atoms with Crippen LogP contribution in [0.5, 0.6) is 0 Å². The van der Waals surface area contributed by atoms with E-state index in [0.717, 1.165) is 6.08 Å². The molecule has 0 bridgehead atoms. The van der Waals surface area contributed by atoms with Crippen LogP contribution >= 0.6 is 0 Å². The smallest absolute Gasteiger partial charge is 0.202 e. The Morgan fingerprint density at radius 3 is 2.80 bits per heavy atom. The van der Waals surface area contributed by atoms with Crippen LogP contribution in [0.2, 0.25) is 0 Å². The molecule has 0 aromatic rings. The lowest BCUT2D eigenvalue weighted by Gasteiger charge is -1.88. The predicted molar refractivity (Wildman–Crippen MR) is 35.4 cm³/mol. The number of hydrogen-bond acceptors (Lipinski definition) is 2. The fourth-order valence-electron chi connectivity index (χ4n) is 0.429. The molecule has 1 aliphatic rings. The summed E-state index contributed by atoms with van der Waals surface area (Å²) >= 11 is 0. The van der Waals surface area contributed by atoms with E-state index in [4.69, 9.17) is 0 Å². The summed E-state index contributed by atoms with van der Waals surface area (Å²) in [6, 6.07) is 0. The molecule has 0 saturated heterocycles. The Morgan fingerprint density at radius 2 is 2.00 bits per heavy atom. The van der Waals surface area contributed by atoms with Crippen LogP contribution in [0.15, 0.2) is 34.3 Å². The molecule has 0 unspecified atom stereocenters. The molecule has 1 rings (SSSR count). The van der Waals surface area contributed by atoms with Gasteiger partial charge in [-0.2, -0.15) is 9.49 Å². The maximum atomic E-state index is 12.2. The molecule has 0 N–H and O–H groups in total. The van der Waals surface area contributed by atoms with Crippen LogP contribution < -0.4 is 0 Å². The van der Waals surface area contributed by atoms with Crippen molar-refractivity contribution in [2.24, 2.45) is 10.2 Å². The molecular formula is C6H4F2N2. The SMILES string of the molecule is FC1=C/C=C\C=N/N=C\1F. The zero-order chi connectivity index (χ0) is 7.40. The van der Waals surface area contributed by atoms with E-state index in [0.29, 0.717) is 0 Å². The van der Waals surface area contributed by atoms with Crippen LogP contribution in [0.25, 0.3) is 0 Å². The second kappa shape index (κ2) is 3.00. The quantitative estimate of drug-likeness (QED) is 0.492. The topological polar surface area (TPSA) is 24.7 Å². The lowest BCUT2D eigenvalue weighted by Crippen LogP contribution is -1.88. The summed E-state index contributed by atoms with van der Waals surface area (Å²) in [5.41, 5.74) is 0. The summed E-state index contributed by atoms with van der Waals surface area (Å²) in [6.45, 7) is 0. The Balaban J connectivity index is 2.91. The maximum Gasteiger partial charge on any atom is 0.268 e. The fourth-order valence-corrected chi connectivity index (χ4v) is 0.429. The van der Waals surface area contributed by atoms with Crippen molar-refractivity contribution in [3.8, 4) is 0 Å². The zero-order valence-corrected chi connectivity index (χ0v) is 4.96. The maximum absolute atomic E-state index is 12.2. The Kier molecular flexibility index (Phi) is 2.04. The van der Waals surface area contributed by atoms with Gasteiger partial charge in [0.1, 0.15) is 0 Å². The van der Waals surface area contributed by atoms with Gasteiger partial charge in [-0.3, -0.25) is 0 Å². The number of allylic oxidation sites excluding steroid dienone is 4. The van der Waals surface area contributed by atoms with E-state index < -0.39 is 11.8 Å². The van der Waals surface area contributed by atoms with Crippen molar-refractivity contribution in [1.29, 1.82) is 0 Å². The van der Waals surface area contributed by atoms with Gasteiger partial charge in [0.2, 0.25) is 0 Å². The van der Waals surface area contributed by atoms with Crippen molar-refractivity contribution in [2.75, 3.05) is 0 Å². The summed E-state index contributed by atoms with van der Waals surface area (Å²) < 4.78 is 24.4. The molecular weight excluding hydrogens is 138 g/mol. The number of nitrogens with zero attached hydrogens (tertiary/aromatic N) is 2. The van der Waals surface area contributed by atoms with E-state index >= 15 is 0 Å². The lowest BCUT2D eigenvalue weighted by molar-refractivity contribution is 0.638. The first kappa shape index (κ1) is 6.80. The number of hydrogen-bond donors (Lipinski definition) is 0. The third-order valence-corrected chi connectivity index (χ3v) is 0.849. The third kappa shape index (κ3) is 1.58. The molecule has 0 aromatic heterocycles. The van der Waals surface area contributed by atoms with Gasteiger partial charge in [0.05, 0.1) is 0 Å². The van der Waals surface area contributed by atoms with Crippen LogP contribution in [0.4, 0.5) is 8.78 Å². The Hall–Kier alpha value is -1.32. The minimum absolute atomic E-state index is 0.976. The first-order chi connectivity index (χ1) is 4.80. The molecule has 52 valence electrons. The molecule has 0 amide bonds. The van der Waals surface area contributed by atoms with Crippen molar-refractivity contribution in [2.45, 2.75) is 0 Å². The number of rotatable bonds is 0. The Bertz CT molecular complexity index is 212. The van der Waals surface area contributed by atoms with Crippen molar-refractivity contribution in [1.82, 2.24) is 0 Å². The van der Waals surface area contributed by atoms with Gasteiger partial charge in [-0.15, -0.1) is 5.10 Å². The van der Waals surface area contributed by atoms with Crippen molar-refractivity contribution >= 4 is 12.2 Å². The minimum atomic E-state index is -1.19. The van der Waals surface area contributed by atoms with Crippen LogP contribution in [-0.4, -0.2) is 12.2 Å². The van der Waals surface area contributed by atoms with Crippen LogP contribution in [0.3, 0.4) is 0 Å². The van der Waals surface area contributed by atoms with Gasteiger partial charge in [0, 0.05) is 6.21 Å². The molecule has 0 saturated carbocycles. The summed E-state index contributed by atoms with van der Waals surface area (Å²) in [5, 5.41) is 6.07. The van der Waals surface area contributed by atoms with Crippen molar-refractivity contribution in [3.63, 3.8) is 0 Å². The highest BCUT2D eigenvalue weighted by Crippen LogP contribution is 2.03. The highest BCUT2D eigenvalue weighted by atomic mass is 19.2. The van der Waals surface area contributed by atoms with Gasteiger partial charge in [-0.1, -0.05) is 6.08 Å². The molecule has 1 heterocycles. The molecule has 1 aliphatic heterocycles. The van der Waals surface area contributed by atoms with E-state index in [1.807, 2.05) is 0 Å². The van der Waals surface area contributed by atoms with Gasteiger partial charge >= 0.3 is 0 Å². The first-order valence-electron chi connectivity index (χ1n) is 2.60. The molecule has 4 heteroatoms. The monoisotopic (exact) mass is 142 g/mol. The summed E-state index contributed by atoms with van der Waals surface area (Å²) in [7, 11) is 0. The molecule has 2 nitrogen and oxygen atoms in total. The van der Waals surface area contributed by atoms with Crippen LogP contribution in [-0.2, 0) is 0 Å². The molecule has 0 atom stereocenters. The van der Waals surface area contributed by atoms with Gasteiger partial charge in [0.15, 0.2) is 5.83 Å². The molecule has 0 aliphatic carbocycles. The first-order valence-corrected chi connectivity index (χ1v) is 2.60. The Morgan fingerprint density at radius 1 is 1.20 bits per heavy atom. The average Bonchev–Trinajstić information content (AvgIpc) is 1.92. The lowest BCUT2D eigenvalue weighted by atomic mass is 10.4. The normalized spacial score (nSPS) is 34.2. The van der Waals surface area contributed by atoms with Crippen molar-refractivity contribution < 1.29 is 8.78 Å². The van der Waals surface area contributed by atoms with E-state index in [1.165, 1.54) is 18.4 Å². The molecule has 10 heavy (non-hydrogen) atoms. The van der Waals surface area contributed by atoms with E-state index in [2.05, 4.69) is 10.2 Å². The zero-order valence-electron chi connectivity index (χ0n) is 4.96. The fraction of sp³-hybridized carbons (Fsp3) is 0. The molecule has 0 fully saturated rings. The highest BCUT2D eigenvalue weighted by Gasteiger charge is 2.02. The highest BCUT2D eigenvalue weighted by molar-refractivity contribution is 5.91. The molecule has 0 spiro atoms. The predicted octanol–water partition coefficient (Wildman–Crippen LogP) is 1.76. The van der Waals surface area contributed by atoms with E-state index in [-0.39, 0.29) is 0 Å². The van der Waals surface area contributed by atoms with Crippen molar-refractivity contribution in [3.05, 3.63) is 24.1 Å². The third-order valence-electron chi connectivity index (χ3n) is 0.849. The van der Waals surface area contributed by atoms with Crippen LogP contribution in [0.1, 0.15) is 0 Å². The summed E-state index contributed by atoms with van der Waals surface area (Å²) in [5.74, 6) is -2.20. The molecule has 0 radical (unpaired) electrons. The number of halogens is 2. The second-order valence-corrected chi connectivity index (χ2v) is 1.55. The summed E-state index contributed by atoms with van der Waals surface area (Å²) in [6.07, 6.45) is 5.04. The largest absolute Gasteiger partial charge is 0.268 e. The van der Waals surface area contributed by atoms with Crippen LogP contribution in [0, 0.1) is 0 Å².